The summed E-state index contributed by atoms with van der Waals surface area (Å²) in [6.45, 7) is 0. The van der Waals surface area contributed by atoms with Crippen molar-refractivity contribution < 1.29 is 24.6 Å². The molecule has 33 heavy (non-hydrogen) atoms. The number of benzene rings is 1. The van der Waals surface area contributed by atoms with Crippen LogP contribution >= 0.6 is 0 Å². The molecule has 1 amide bonds. The third kappa shape index (κ3) is 4.37. The Morgan fingerprint density at radius 2 is 1.82 bits per heavy atom. The van der Waals surface area contributed by atoms with Crippen molar-refractivity contribution in [3.63, 3.8) is 0 Å². The predicted octanol–water partition coefficient (Wildman–Crippen LogP) is 1.79. The van der Waals surface area contributed by atoms with Gasteiger partial charge in [0.25, 0.3) is 5.91 Å². The van der Waals surface area contributed by atoms with E-state index in [-0.39, 0.29) is 24.2 Å². The molecule has 3 heterocycles. The number of nitrogen functional groups attached to an aromatic ring is 2. The number of nitrogens with two attached hydrogens (primary N) is 2. The van der Waals surface area contributed by atoms with E-state index in [1.165, 1.54) is 0 Å². The summed E-state index contributed by atoms with van der Waals surface area (Å²) >= 11 is 0. The number of carboxylic acid groups (broad SMARTS) is 2. The lowest BCUT2D eigenvalue weighted by Crippen LogP contribution is -2.41. The molecule has 0 saturated carbocycles. The Morgan fingerprint density at radius 1 is 1.09 bits per heavy atom. The molecule has 0 aliphatic heterocycles. The van der Waals surface area contributed by atoms with Crippen LogP contribution in [0.15, 0.2) is 48.9 Å². The summed E-state index contributed by atoms with van der Waals surface area (Å²) in [5, 5.41) is 22.7. The molecule has 1 aromatic carbocycles. The lowest BCUT2D eigenvalue weighted by atomic mass is 10.1. The van der Waals surface area contributed by atoms with Gasteiger partial charge in [0.2, 0.25) is 0 Å². The number of hydrogen-bond acceptors (Lipinski definition) is 7. The minimum absolute atomic E-state index is 0.212. The van der Waals surface area contributed by atoms with E-state index in [0.717, 1.165) is 16.5 Å². The first-order valence-corrected chi connectivity index (χ1v) is 9.91. The monoisotopic (exact) mass is 448 g/mol. The minimum Gasteiger partial charge on any atom is -0.481 e. The summed E-state index contributed by atoms with van der Waals surface area (Å²) in [4.78, 5) is 43.0. The zero-order valence-corrected chi connectivity index (χ0v) is 17.2. The summed E-state index contributed by atoms with van der Waals surface area (Å²) in [6.07, 6.45) is 4.82. The van der Waals surface area contributed by atoms with Gasteiger partial charge in [-0.25, -0.2) is 14.8 Å². The third-order valence-corrected chi connectivity index (χ3v) is 5.18. The molecule has 4 aromatic rings. The van der Waals surface area contributed by atoms with Crippen LogP contribution in [0.5, 0.6) is 0 Å². The van der Waals surface area contributed by atoms with E-state index in [0.29, 0.717) is 16.7 Å². The van der Waals surface area contributed by atoms with Crippen LogP contribution in [-0.4, -0.2) is 48.6 Å². The first-order valence-electron chi connectivity index (χ1n) is 9.91. The first kappa shape index (κ1) is 21.6. The van der Waals surface area contributed by atoms with Gasteiger partial charge in [0.15, 0.2) is 5.65 Å². The van der Waals surface area contributed by atoms with Gasteiger partial charge in [-0.2, -0.15) is 0 Å². The summed E-state index contributed by atoms with van der Waals surface area (Å²) in [5.74, 6) is -2.75. The highest BCUT2D eigenvalue weighted by molar-refractivity contribution is 6.10. The topological polar surface area (TPSA) is 186 Å². The molecular weight excluding hydrogens is 428 g/mol. The van der Waals surface area contributed by atoms with Crippen molar-refractivity contribution in [3.8, 4) is 5.69 Å². The second-order valence-corrected chi connectivity index (χ2v) is 7.47. The smallest absolute Gasteiger partial charge is 0.326 e. The van der Waals surface area contributed by atoms with E-state index in [1.54, 1.807) is 36.5 Å². The molecule has 0 aliphatic rings. The molecule has 0 radical (unpaired) electrons. The Balaban J connectivity index is 1.59. The molecule has 168 valence electrons. The number of anilines is 2. The fourth-order valence-electron chi connectivity index (χ4n) is 3.55. The second kappa shape index (κ2) is 8.46. The molecule has 11 nitrogen and oxygen atoms in total. The maximum Gasteiger partial charge on any atom is 0.326 e. The average molecular weight is 448 g/mol. The number of fused-ring (bicyclic) bond motifs is 3. The van der Waals surface area contributed by atoms with Crippen molar-refractivity contribution in [2.75, 3.05) is 11.5 Å². The molecule has 4 rings (SSSR count). The van der Waals surface area contributed by atoms with Gasteiger partial charge >= 0.3 is 11.9 Å². The summed E-state index contributed by atoms with van der Waals surface area (Å²) in [5.41, 5.74) is 13.8. The fourth-order valence-corrected chi connectivity index (χ4v) is 3.55. The van der Waals surface area contributed by atoms with Crippen molar-refractivity contribution in [2.24, 2.45) is 0 Å². The molecule has 0 spiro atoms. The number of nitrogens with zero attached hydrogens (tertiary/aromatic N) is 3. The van der Waals surface area contributed by atoms with Gasteiger partial charge in [-0.3, -0.25) is 9.59 Å². The van der Waals surface area contributed by atoms with Crippen LogP contribution in [0.1, 0.15) is 23.2 Å². The van der Waals surface area contributed by atoms with Gasteiger partial charge in [-0.15, -0.1) is 0 Å². The molecule has 7 N–H and O–H groups in total. The number of carbonyl (C=O) groups excluding carboxylic acids is 1. The van der Waals surface area contributed by atoms with Crippen LogP contribution in [-0.2, 0) is 9.59 Å². The molecule has 0 fully saturated rings. The number of pyridine rings is 2. The number of amides is 1. The molecule has 0 bridgehead atoms. The van der Waals surface area contributed by atoms with Gasteiger partial charge in [-0.05, 0) is 30.7 Å². The third-order valence-electron chi connectivity index (χ3n) is 5.18. The molecule has 0 aliphatic carbocycles. The molecule has 0 unspecified atom stereocenters. The number of carbonyl (C=O) groups is 3. The molecular formula is C22H20N6O5. The first-order chi connectivity index (χ1) is 15.7. The minimum atomic E-state index is -1.29. The van der Waals surface area contributed by atoms with Gasteiger partial charge in [-0.1, -0.05) is 0 Å². The number of aromatic nitrogens is 3. The van der Waals surface area contributed by atoms with Crippen LogP contribution in [0.4, 0.5) is 11.5 Å². The van der Waals surface area contributed by atoms with Crippen molar-refractivity contribution in [2.45, 2.75) is 18.9 Å². The average Bonchev–Trinajstić information content (AvgIpc) is 3.20. The Hall–Kier alpha value is -4.67. The molecule has 0 saturated heterocycles. The van der Waals surface area contributed by atoms with Crippen molar-refractivity contribution >= 4 is 51.2 Å². The van der Waals surface area contributed by atoms with E-state index < -0.39 is 23.9 Å². The van der Waals surface area contributed by atoms with Crippen LogP contribution in [0.3, 0.4) is 0 Å². The molecule has 3 aromatic heterocycles. The van der Waals surface area contributed by atoms with Gasteiger partial charge < -0.3 is 31.6 Å². The predicted molar refractivity (Wildman–Crippen MR) is 121 cm³/mol. The van der Waals surface area contributed by atoms with E-state index >= 15 is 0 Å². The molecule has 1 atom stereocenters. The maximum atomic E-state index is 12.4. The van der Waals surface area contributed by atoms with Crippen molar-refractivity contribution in [3.05, 3.63) is 54.5 Å². The molecule has 11 heteroatoms. The highest BCUT2D eigenvalue weighted by atomic mass is 16.4. The fraction of sp³-hybridized carbons (Fsp3) is 0.136. The van der Waals surface area contributed by atoms with Crippen molar-refractivity contribution in [1.29, 1.82) is 0 Å². The Morgan fingerprint density at radius 3 is 2.48 bits per heavy atom. The van der Waals surface area contributed by atoms with Crippen molar-refractivity contribution in [1.82, 2.24) is 19.9 Å². The largest absolute Gasteiger partial charge is 0.481 e. The number of hydrogen-bond donors (Lipinski definition) is 5. The Bertz CT molecular complexity index is 1400. The SMILES string of the molecule is Nc1cc(N)c2c(ncc3cn(-c4ccc(C(=O)N[C@@H](CCC(=O)O)C(=O)O)cc4)cc32)n1. The van der Waals surface area contributed by atoms with Gasteiger partial charge in [0.1, 0.15) is 11.9 Å². The highest BCUT2D eigenvalue weighted by Crippen LogP contribution is 2.30. The highest BCUT2D eigenvalue weighted by Gasteiger charge is 2.21. The standard InChI is InChI=1S/C22H20N6O5/c23-15-7-17(24)27-20-19(15)14-10-28(9-12(14)8-25-20)13-3-1-11(2-4-13)21(31)26-16(22(32)33)5-6-18(29)30/h1-4,7-10,16H,5-6H2,(H,26,31)(H,29,30)(H,32,33)(H4,23,24,27)/t16-/m0/s1. The Kier molecular flexibility index (Phi) is 5.53. The maximum absolute atomic E-state index is 12.4. The second-order valence-electron chi connectivity index (χ2n) is 7.47. The summed E-state index contributed by atoms with van der Waals surface area (Å²) in [6, 6.07) is 6.80. The quantitative estimate of drug-likeness (QED) is 0.281. The van der Waals surface area contributed by atoms with Gasteiger partial charge in [0.05, 0.1) is 5.39 Å². The number of carboxylic acids is 2. The number of rotatable bonds is 7. The van der Waals surface area contributed by atoms with Crippen LogP contribution in [0.25, 0.3) is 27.5 Å². The Labute approximate surface area is 186 Å². The van der Waals surface area contributed by atoms with E-state index in [4.69, 9.17) is 16.6 Å². The summed E-state index contributed by atoms with van der Waals surface area (Å²) in [7, 11) is 0. The summed E-state index contributed by atoms with van der Waals surface area (Å²) < 4.78 is 1.84. The zero-order chi connectivity index (χ0) is 23.7. The van der Waals surface area contributed by atoms with Crippen LogP contribution in [0, 0.1) is 0 Å². The van der Waals surface area contributed by atoms with E-state index in [9.17, 15) is 19.5 Å². The van der Waals surface area contributed by atoms with Crippen LogP contribution < -0.4 is 16.8 Å². The normalized spacial score (nSPS) is 12.0. The van der Waals surface area contributed by atoms with Crippen LogP contribution in [0.2, 0.25) is 0 Å². The lowest BCUT2D eigenvalue weighted by molar-refractivity contribution is -0.140. The van der Waals surface area contributed by atoms with Gasteiger partial charge in [0, 0.05) is 58.8 Å². The number of nitrogens with one attached hydrogen (secondary N) is 1. The lowest BCUT2D eigenvalue weighted by Gasteiger charge is -2.13. The number of aliphatic carboxylic acids is 2. The van der Waals surface area contributed by atoms with E-state index in [2.05, 4.69) is 15.3 Å². The van der Waals surface area contributed by atoms with E-state index in [1.807, 2.05) is 17.0 Å². The zero-order valence-electron chi connectivity index (χ0n) is 17.2.